The van der Waals surface area contributed by atoms with Crippen molar-refractivity contribution in [2.45, 2.75) is 32.8 Å². The highest BCUT2D eigenvalue weighted by Gasteiger charge is 2.27. The van der Waals surface area contributed by atoms with Crippen molar-refractivity contribution in [2.24, 2.45) is 11.7 Å². The van der Waals surface area contributed by atoms with Crippen LogP contribution in [0.25, 0.3) is 11.1 Å². The van der Waals surface area contributed by atoms with E-state index in [1.807, 2.05) is 0 Å². The van der Waals surface area contributed by atoms with E-state index in [0.717, 1.165) is 0 Å². The molecule has 0 saturated carbocycles. The summed E-state index contributed by atoms with van der Waals surface area (Å²) in [5.74, 6) is -1.30. The monoisotopic (exact) mass is 529 g/mol. The Kier molecular flexibility index (Phi) is 10.3. The van der Waals surface area contributed by atoms with Crippen molar-refractivity contribution in [1.29, 1.82) is 5.41 Å². The van der Waals surface area contributed by atoms with Crippen LogP contribution in [0, 0.1) is 17.1 Å². The standard InChI is InChI=1S/C22H28FN5O5S.ClH/c1-2-34(30,31)28-8-6-15(7-9-28)13-33-22-26-11-17(12-27-22)18-5-3-4-16(21(18)23)14-32-20(29)10-19(24)25;/h3-5,11-12,15H,2,6-10,13-14H2,1H3,(H3,24,25);1H. The number of piperidine rings is 1. The molecule has 192 valence electrons. The number of sulfonamides is 1. The molecule has 2 heterocycles. The molecule has 1 fully saturated rings. The summed E-state index contributed by atoms with van der Waals surface area (Å²) in [7, 11) is -3.16. The Hall–Kier alpha value is -2.83. The zero-order chi connectivity index (χ0) is 24.7. The number of hydrogen-bond acceptors (Lipinski definition) is 8. The quantitative estimate of drug-likeness (QED) is 0.271. The second-order valence-corrected chi connectivity index (χ2v) is 10.2. The number of nitrogens with one attached hydrogen (secondary N) is 1. The number of hydrogen-bond donors (Lipinski definition) is 2. The number of carbonyl (C=O) groups is 1. The first-order valence-corrected chi connectivity index (χ1v) is 12.5. The van der Waals surface area contributed by atoms with Gasteiger partial charge in [-0.1, -0.05) is 18.2 Å². The van der Waals surface area contributed by atoms with E-state index < -0.39 is 21.8 Å². The summed E-state index contributed by atoms with van der Waals surface area (Å²) in [6, 6.07) is 4.84. The van der Waals surface area contributed by atoms with Crippen molar-refractivity contribution in [3.8, 4) is 17.1 Å². The van der Waals surface area contributed by atoms with Crippen LogP contribution < -0.4 is 10.5 Å². The molecule has 13 heteroatoms. The van der Waals surface area contributed by atoms with Crippen LogP contribution in [0.3, 0.4) is 0 Å². The van der Waals surface area contributed by atoms with Gasteiger partial charge in [-0.25, -0.2) is 27.1 Å². The topological polar surface area (TPSA) is 149 Å². The maximum absolute atomic E-state index is 14.9. The summed E-state index contributed by atoms with van der Waals surface area (Å²) in [5, 5.41) is 7.09. The second-order valence-electron chi connectivity index (χ2n) is 7.95. The molecule has 1 aliphatic heterocycles. The van der Waals surface area contributed by atoms with E-state index in [0.29, 0.717) is 38.1 Å². The van der Waals surface area contributed by atoms with E-state index in [-0.39, 0.29) is 60.1 Å². The molecule has 0 unspecified atom stereocenters. The molecule has 0 amide bonds. The lowest BCUT2D eigenvalue weighted by Crippen LogP contribution is -2.40. The summed E-state index contributed by atoms with van der Waals surface area (Å²) in [6.07, 6.45) is 3.94. The van der Waals surface area contributed by atoms with Gasteiger partial charge in [-0.2, -0.15) is 0 Å². The van der Waals surface area contributed by atoms with Gasteiger partial charge in [-0.3, -0.25) is 10.2 Å². The summed E-state index contributed by atoms with van der Waals surface area (Å²) >= 11 is 0. The van der Waals surface area contributed by atoms with Gasteiger partial charge in [0.15, 0.2) is 0 Å². The molecule has 3 N–H and O–H groups in total. The molecule has 3 rings (SSSR count). The van der Waals surface area contributed by atoms with E-state index in [4.69, 9.17) is 20.6 Å². The zero-order valence-corrected chi connectivity index (χ0v) is 20.9. The van der Waals surface area contributed by atoms with Crippen molar-refractivity contribution in [1.82, 2.24) is 14.3 Å². The van der Waals surface area contributed by atoms with Crippen molar-refractivity contribution >= 4 is 34.2 Å². The van der Waals surface area contributed by atoms with Crippen LogP contribution in [0.2, 0.25) is 0 Å². The van der Waals surface area contributed by atoms with E-state index in [2.05, 4.69) is 9.97 Å². The van der Waals surface area contributed by atoms with Gasteiger partial charge in [0, 0.05) is 42.2 Å². The molecule has 10 nitrogen and oxygen atoms in total. The Morgan fingerprint density at radius 3 is 2.51 bits per heavy atom. The third kappa shape index (κ3) is 7.84. The molecule has 0 bridgehead atoms. The number of ether oxygens (including phenoxy) is 2. The average Bonchev–Trinajstić information content (AvgIpc) is 2.82. The molecule has 0 atom stereocenters. The summed E-state index contributed by atoms with van der Waals surface area (Å²) in [5.41, 5.74) is 6.00. The smallest absolute Gasteiger partial charge is 0.316 e. The predicted octanol–water partition coefficient (Wildman–Crippen LogP) is 2.51. The lowest BCUT2D eigenvalue weighted by Gasteiger charge is -2.30. The third-order valence-corrected chi connectivity index (χ3v) is 7.40. The first-order chi connectivity index (χ1) is 16.2. The van der Waals surface area contributed by atoms with Crippen molar-refractivity contribution in [3.05, 3.63) is 42.0 Å². The van der Waals surface area contributed by atoms with Crippen molar-refractivity contribution in [2.75, 3.05) is 25.4 Å². The summed E-state index contributed by atoms with van der Waals surface area (Å²) < 4.78 is 51.0. The molecule has 1 aromatic carbocycles. The van der Waals surface area contributed by atoms with Gasteiger partial charge in [0.05, 0.1) is 12.4 Å². The number of benzene rings is 1. The Labute approximate surface area is 210 Å². The minimum Gasteiger partial charge on any atom is -0.463 e. The highest BCUT2D eigenvalue weighted by Crippen LogP contribution is 2.26. The number of nitrogens with zero attached hydrogens (tertiary/aromatic N) is 3. The van der Waals surface area contributed by atoms with Gasteiger partial charge >= 0.3 is 12.0 Å². The van der Waals surface area contributed by atoms with Gasteiger partial charge in [-0.15, -0.1) is 12.4 Å². The molecule has 35 heavy (non-hydrogen) atoms. The summed E-state index contributed by atoms with van der Waals surface area (Å²) in [6.45, 7) is 2.67. The van der Waals surface area contributed by atoms with Crippen LogP contribution in [0.15, 0.2) is 30.6 Å². The van der Waals surface area contributed by atoms with E-state index in [1.165, 1.54) is 22.8 Å². The van der Waals surface area contributed by atoms with Crippen LogP contribution in [0.5, 0.6) is 6.01 Å². The van der Waals surface area contributed by atoms with Gasteiger partial charge in [0.1, 0.15) is 24.7 Å². The minimum atomic E-state index is -3.16. The average molecular weight is 530 g/mol. The number of carbonyl (C=O) groups excluding carboxylic acids is 1. The number of amidine groups is 1. The summed E-state index contributed by atoms with van der Waals surface area (Å²) in [4.78, 5) is 19.9. The number of aromatic nitrogens is 2. The number of rotatable bonds is 10. The number of nitrogens with two attached hydrogens (primary N) is 1. The van der Waals surface area contributed by atoms with Gasteiger partial charge < -0.3 is 15.2 Å². The fraction of sp³-hybridized carbons (Fsp3) is 0.455. The Balaban J connectivity index is 0.00000432. The maximum Gasteiger partial charge on any atom is 0.316 e. The molecular formula is C22H29ClFN5O5S. The minimum absolute atomic E-state index is 0. The molecule has 1 aromatic heterocycles. The molecule has 0 radical (unpaired) electrons. The third-order valence-electron chi connectivity index (χ3n) is 5.52. The van der Waals surface area contributed by atoms with E-state index >= 15 is 0 Å². The van der Waals surface area contributed by atoms with Crippen molar-refractivity contribution in [3.63, 3.8) is 0 Å². The lowest BCUT2D eigenvalue weighted by molar-refractivity contribution is -0.143. The molecule has 1 saturated heterocycles. The Morgan fingerprint density at radius 1 is 1.26 bits per heavy atom. The van der Waals surface area contributed by atoms with E-state index in [1.54, 1.807) is 19.1 Å². The fourth-order valence-electron chi connectivity index (χ4n) is 3.54. The maximum atomic E-state index is 14.9. The van der Waals surface area contributed by atoms with Crippen LogP contribution in [0.1, 0.15) is 31.7 Å². The lowest BCUT2D eigenvalue weighted by atomic mass is 9.99. The van der Waals surface area contributed by atoms with Crippen molar-refractivity contribution < 1.29 is 27.1 Å². The van der Waals surface area contributed by atoms with Crippen LogP contribution in [-0.2, 0) is 26.2 Å². The molecular weight excluding hydrogens is 501 g/mol. The largest absolute Gasteiger partial charge is 0.463 e. The molecule has 1 aliphatic rings. The van der Waals surface area contributed by atoms with Gasteiger partial charge in [0.2, 0.25) is 10.0 Å². The van der Waals surface area contributed by atoms with Crippen LogP contribution in [-0.4, -0.2) is 59.9 Å². The SMILES string of the molecule is CCS(=O)(=O)N1CCC(COc2ncc(-c3cccc(COC(=O)CC(=N)N)c3F)cn2)CC1.Cl. The molecule has 0 aliphatic carbocycles. The number of esters is 1. The van der Waals surface area contributed by atoms with Gasteiger partial charge in [0.25, 0.3) is 0 Å². The van der Waals surface area contributed by atoms with E-state index in [9.17, 15) is 17.6 Å². The fourth-order valence-corrected chi connectivity index (χ4v) is 4.67. The van der Waals surface area contributed by atoms with Crippen LogP contribution >= 0.6 is 12.4 Å². The predicted molar refractivity (Wildman–Crippen MR) is 130 cm³/mol. The Bertz CT molecular complexity index is 1130. The second kappa shape index (κ2) is 12.8. The Morgan fingerprint density at radius 2 is 1.91 bits per heavy atom. The number of halogens is 2. The molecule has 2 aromatic rings. The first-order valence-electron chi connectivity index (χ1n) is 10.9. The highest BCUT2D eigenvalue weighted by atomic mass is 35.5. The normalized spacial score (nSPS) is 14.7. The first kappa shape index (κ1) is 28.4. The van der Waals surface area contributed by atoms with Crippen LogP contribution in [0.4, 0.5) is 4.39 Å². The molecule has 0 spiro atoms. The van der Waals surface area contributed by atoms with Gasteiger partial charge in [-0.05, 0) is 25.7 Å². The zero-order valence-electron chi connectivity index (χ0n) is 19.3. The highest BCUT2D eigenvalue weighted by molar-refractivity contribution is 7.89.